The SMILES string of the molecule is CCc1ccc(CN2CCC(CCC(=O)O)C2)o1. The first kappa shape index (κ1) is 13.1. The molecule has 1 saturated heterocycles. The quantitative estimate of drug-likeness (QED) is 0.844. The summed E-state index contributed by atoms with van der Waals surface area (Å²) in [6, 6.07) is 4.08. The largest absolute Gasteiger partial charge is 0.481 e. The highest BCUT2D eigenvalue weighted by Gasteiger charge is 2.23. The second-order valence-electron chi connectivity index (χ2n) is 5.04. The fourth-order valence-corrected chi connectivity index (χ4v) is 2.54. The number of aliphatic carboxylic acids is 1. The molecule has 0 aliphatic carbocycles. The van der Waals surface area contributed by atoms with Gasteiger partial charge in [-0.2, -0.15) is 0 Å². The molecule has 1 atom stereocenters. The molecule has 100 valence electrons. The van der Waals surface area contributed by atoms with Gasteiger partial charge < -0.3 is 9.52 Å². The molecule has 4 nitrogen and oxygen atoms in total. The van der Waals surface area contributed by atoms with Gasteiger partial charge in [0.2, 0.25) is 0 Å². The zero-order valence-electron chi connectivity index (χ0n) is 10.9. The molecule has 4 heteroatoms. The molecule has 1 unspecified atom stereocenters. The van der Waals surface area contributed by atoms with Gasteiger partial charge >= 0.3 is 5.97 Å². The molecular weight excluding hydrogens is 230 g/mol. The van der Waals surface area contributed by atoms with Crippen molar-refractivity contribution in [1.82, 2.24) is 4.90 Å². The molecule has 2 heterocycles. The second kappa shape index (κ2) is 6.05. The number of carboxylic acids is 1. The summed E-state index contributed by atoms with van der Waals surface area (Å²) >= 11 is 0. The van der Waals surface area contributed by atoms with E-state index in [2.05, 4.69) is 11.8 Å². The summed E-state index contributed by atoms with van der Waals surface area (Å²) in [7, 11) is 0. The van der Waals surface area contributed by atoms with E-state index in [-0.39, 0.29) is 0 Å². The van der Waals surface area contributed by atoms with Gasteiger partial charge in [-0.1, -0.05) is 6.92 Å². The van der Waals surface area contributed by atoms with Crippen LogP contribution in [0, 0.1) is 5.92 Å². The van der Waals surface area contributed by atoms with Gasteiger partial charge in [-0.25, -0.2) is 0 Å². The lowest BCUT2D eigenvalue weighted by atomic mass is 10.0. The van der Waals surface area contributed by atoms with Gasteiger partial charge in [0, 0.05) is 19.4 Å². The van der Waals surface area contributed by atoms with Crippen molar-refractivity contribution in [2.45, 2.75) is 39.2 Å². The fraction of sp³-hybridized carbons (Fsp3) is 0.643. The number of hydrogen-bond acceptors (Lipinski definition) is 3. The van der Waals surface area contributed by atoms with Crippen LogP contribution in [0.1, 0.15) is 37.7 Å². The number of likely N-dealkylation sites (tertiary alicyclic amines) is 1. The average Bonchev–Trinajstić information content (AvgIpc) is 2.96. The van der Waals surface area contributed by atoms with Gasteiger partial charge in [-0.3, -0.25) is 9.69 Å². The van der Waals surface area contributed by atoms with Crippen LogP contribution in [0.4, 0.5) is 0 Å². The highest BCUT2D eigenvalue weighted by molar-refractivity contribution is 5.66. The molecule has 1 N–H and O–H groups in total. The fourth-order valence-electron chi connectivity index (χ4n) is 2.54. The summed E-state index contributed by atoms with van der Waals surface area (Å²) in [5.74, 6) is 1.89. The average molecular weight is 251 g/mol. The summed E-state index contributed by atoms with van der Waals surface area (Å²) in [6.07, 6.45) is 3.12. The standard InChI is InChI=1S/C14H21NO3/c1-2-12-4-5-13(18-12)10-15-8-7-11(9-15)3-6-14(16)17/h4-5,11H,2-3,6-10H2,1H3,(H,16,17). The van der Waals surface area contributed by atoms with E-state index in [1.807, 2.05) is 12.1 Å². The van der Waals surface area contributed by atoms with Crippen molar-refractivity contribution in [2.75, 3.05) is 13.1 Å². The number of nitrogens with zero attached hydrogens (tertiary/aromatic N) is 1. The Hall–Kier alpha value is -1.29. The Kier molecular flexibility index (Phi) is 4.42. The monoisotopic (exact) mass is 251 g/mol. The van der Waals surface area contributed by atoms with E-state index >= 15 is 0 Å². The third-order valence-corrected chi connectivity index (χ3v) is 3.58. The Morgan fingerprint density at radius 1 is 1.50 bits per heavy atom. The summed E-state index contributed by atoms with van der Waals surface area (Å²) < 4.78 is 5.69. The van der Waals surface area contributed by atoms with Crippen LogP contribution in [0.25, 0.3) is 0 Å². The van der Waals surface area contributed by atoms with Crippen LogP contribution in [-0.2, 0) is 17.8 Å². The molecule has 1 aromatic heterocycles. The molecule has 1 fully saturated rings. The lowest BCUT2D eigenvalue weighted by Crippen LogP contribution is -2.20. The first-order chi connectivity index (χ1) is 8.67. The molecular formula is C14H21NO3. The Labute approximate surface area is 108 Å². The summed E-state index contributed by atoms with van der Waals surface area (Å²) in [6.45, 7) is 4.98. The minimum Gasteiger partial charge on any atom is -0.481 e. The summed E-state index contributed by atoms with van der Waals surface area (Å²) in [5, 5.41) is 8.68. The van der Waals surface area contributed by atoms with Crippen LogP contribution in [0.2, 0.25) is 0 Å². The molecule has 1 aromatic rings. The van der Waals surface area contributed by atoms with Gasteiger partial charge in [0.25, 0.3) is 0 Å². The van der Waals surface area contributed by atoms with Crippen LogP contribution in [-0.4, -0.2) is 29.1 Å². The van der Waals surface area contributed by atoms with E-state index in [1.165, 1.54) is 0 Å². The van der Waals surface area contributed by atoms with Gasteiger partial charge in [-0.05, 0) is 37.4 Å². The lowest BCUT2D eigenvalue weighted by Gasteiger charge is -2.14. The van der Waals surface area contributed by atoms with E-state index in [0.717, 1.165) is 50.4 Å². The van der Waals surface area contributed by atoms with Crippen LogP contribution < -0.4 is 0 Å². The van der Waals surface area contributed by atoms with Crippen molar-refractivity contribution in [1.29, 1.82) is 0 Å². The Bertz CT molecular complexity index is 399. The second-order valence-corrected chi connectivity index (χ2v) is 5.04. The number of hydrogen-bond donors (Lipinski definition) is 1. The maximum absolute atomic E-state index is 10.5. The molecule has 0 spiro atoms. The van der Waals surface area contributed by atoms with E-state index in [1.54, 1.807) is 0 Å². The van der Waals surface area contributed by atoms with Gasteiger partial charge in [0.05, 0.1) is 6.54 Å². The molecule has 0 aromatic carbocycles. The number of carboxylic acid groups (broad SMARTS) is 1. The first-order valence-electron chi connectivity index (χ1n) is 6.69. The highest BCUT2D eigenvalue weighted by atomic mass is 16.4. The van der Waals surface area contributed by atoms with Crippen LogP contribution in [0.3, 0.4) is 0 Å². The van der Waals surface area contributed by atoms with Crippen molar-refractivity contribution in [2.24, 2.45) is 5.92 Å². The van der Waals surface area contributed by atoms with Crippen molar-refractivity contribution in [3.05, 3.63) is 23.7 Å². The van der Waals surface area contributed by atoms with Gasteiger partial charge in [-0.15, -0.1) is 0 Å². The number of rotatable bonds is 6. The zero-order valence-corrected chi connectivity index (χ0v) is 10.9. The van der Waals surface area contributed by atoms with E-state index in [4.69, 9.17) is 9.52 Å². The zero-order chi connectivity index (χ0) is 13.0. The van der Waals surface area contributed by atoms with Crippen molar-refractivity contribution in [3.63, 3.8) is 0 Å². The normalized spacial score (nSPS) is 20.4. The maximum atomic E-state index is 10.5. The number of carbonyl (C=O) groups is 1. The highest BCUT2D eigenvalue weighted by Crippen LogP contribution is 2.23. The van der Waals surface area contributed by atoms with Crippen LogP contribution in [0.5, 0.6) is 0 Å². The van der Waals surface area contributed by atoms with E-state index in [9.17, 15) is 4.79 Å². The first-order valence-corrected chi connectivity index (χ1v) is 6.69. The molecule has 1 aliphatic heterocycles. The maximum Gasteiger partial charge on any atom is 0.303 e. The molecule has 0 radical (unpaired) electrons. The minimum absolute atomic E-state index is 0.291. The lowest BCUT2D eigenvalue weighted by molar-refractivity contribution is -0.137. The predicted octanol–water partition coefficient (Wildman–Crippen LogP) is 2.53. The van der Waals surface area contributed by atoms with Gasteiger partial charge in [0.1, 0.15) is 11.5 Å². The minimum atomic E-state index is -0.688. The van der Waals surface area contributed by atoms with Crippen molar-refractivity contribution in [3.8, 4) is 0 Å². The predicted molar refractivity (Wildman–Crippen MR) is 68.3 cm³/mol. The Morgan fingerprint density at radius 2 is 2.28 bits per heavy atom. The molecule has 0 bridgehead atoms. The third-order valence-electron chi connectivity index (χ3n) is 3.58. The molecule has 0 amide bonds. The van der Waals surface area contributed by atoms with Crippen LogP contribution >= 0.6 is 0 Å². The van der Waals surface area contributed by atoms with Crippen molar-refractivity contribution >= 4 is 5.97 Å². The third kappa shape index (κ3) is 3.60. The summed E-state index contributed by atoms with van der Waals surface area (Å²) in [5.41, 5.74) is 0. The van der Waals surface area contributed by atoms with Crippen LogP contribution in [0.15, 0.2) is 16.5 Å². The summed E-state index contributed by atoms with van der Waals surface area (Å²) in [4.78, 5) is 12.9. The topological polar surface area (TPSA) is 53.7 Å². The molecule has 1 aliphatic rings. The molecule has 18 heavy (non-hydrogen) atoms. The van der Waals surface area contributed by atoms with E-state index < -0.39 is 5.97 Å². The Balaban J connectivity index is 1.76. The van der Waals surface area contributed by atoms with E-state index in [0.29, 0.717) is 12.3 Å². The van der Waals surface area contributed by atoms with Gasteiger partial charge in [0.15, 0.2) is 0 Å². The molecule has 2 rings (SSSR count). The van der Waals surface area contributed by atoms with Crippen molar-refractivity contribution < 1.29 is 14.3 Å². The number of aryl methyl sites for hydroxylation is 1. The smallest absolute Gasteiger partial charge is 0.303 e. The Morgan fingerprint density at radius 3 is 2.94 bits per heavy atom. The number of furan rings is 1. The molecule has 0 saturated carbocycles.